The number of H-pyrrole nitrogens is 1. The fourth-order valence-corrected chi connectivity index (χ4v) is 4.62. The lowest BCUT2D eigenvalue weighted by atomic mass is 9.98. The van der Waals surface area contributed by atoms with E-state index in [2.05, 4.69) is 15.3 Å². The summed E-state index contributed by atoms with van der Waals surface area (Å²) in [5.41, 5.74) is 1.92. The van der Waals surface area contributed by atoms with Crippen LogP contribution in [0.4, 0.5) is 5.69 Å². The zero-order chi connectivity index (χ0) is 21.8. The number of imidazole rings is 1. The van der Waals surface area contributed by atoms with Crippen LogP contribution in [0.1, 0.15) is 48.9 Å². The standard InChI is InChI=1S/C23H23N5O3/c1-14(21-25-16-8-4-5-9-17(16)26-21)24-19(29)13-27-22(31)15-7-3-6-10-18(15)28-20(30)11-12-23(27,28)2/h3-10,14H,11-13H2,1-2H3,(H,24,29)(H,25,26)/t14-,23-/m1/s1. The lowest BCUT2D eigenvalue weighted by Crippen LogP contribution is -2.63. The molecule has 2 atom stereocenters. The van der Waals surface area contributed by atoms with Crippen molar-refractivity contribution in [2.24, 2.45) is 0 Å². The Bertz CT molecular complexity index is 1190. The van der Waals surface area contributed by atoms with E-state index in [9.17, 15) is 14.4 Å². The van der Waals surface area contributed by atoms with E-state index in [1.807, 2.05) is 44.2 Å². The summed E-state index contributed by atoms with van der Waals surface area (Å²) in [5.74, 6) is 0.0639. The monoisotopic (exact) mass is 417 g/mol. The highest BCUT2D eigenvalue weighted by molar-refractivity contribution is 6.11. The molecule has 0 unspecified atom stereocenters. The number of aromatic amines is 1. The van der Waals surface area contributed by atoms with Gasteiger partial charge in [0.1, 0.15) is 18.0 Å². The number of anilines is 1. The SMILES string of the molecule is C[C@@H](NC(=O)CN1C(=O)c2ccccc2N2C(=O)CC[C@]12C)c1nc2ccccc2[nH]1. The summed E-state index contributed by atoms with van der Waals surface area (Å²) < 4.78 is 0. The summed E-state index contributed by atoms with van der Waals surface area (Å²) in [6.07, 6.45) is 0.823. The van der Waals surface area contributed by atoms with E-state index in [4.69, 9.17) is 0 Å². The first kappa shape index (κ1) is 19.3. The van der Waals surface area contributed by atoms with Gasteiger partial charge in [-0.1, -0.05) is 24.3 Å². The third kappa shape index (κ3) is 2.98. The molecule has 3 aromatic rings. The van der Waals surface area contributed by atoms with Crippen molar-refractivity contribution in [2.75, 3.05) is 11.4 Å². The minimum absolute atomic E-state index is 0.0384. The molecule has 1 aromatic heterocycles. The van der Waals surface area contributed by atoms with Crippen LogP contribution in [0.25, 0.3) is 11.0 Å². The van der Waals surface area contributed by atoms with Gasteiger partial charge in [0.15, 0.2) is 0 Å². The number of rotatable bonds is 4. The Balaban J connectivity index is 1.39. The number of fused-ring (bicyclic) bond motifs is 4. The summed E-state index contributed by atoms with van der Waals surface area (Å²) >= 11 is 0. The summed E-state index contributed by atoms with van der Waals surface area (Å²) in [5, 5.41) is 2.93. The first-order valence-corrected chi connectivity index (χ1v) is 10.4. The molecule has 5 rings (SSSR count). The number of nitrogens with zero attached hydrogens (tertiary/aromatic N) is 3. The smallest absolute Gasteiger partial charge is 0.258 e. The van der Waals surface area contributed by atoms with Crippen LogP contribution in [0.2, 0.25) is 0 Å². The first-order valence-electron chi connectivity index (χ1n) is 10.4. The second-order valence-electron chi connectivity index (χ2n) is 8.28. The van der Waals surface area contributed by atoms with Gasteiger partial charge in [-0.15, -0.1) is 0 Å². The van der Waals surface area contributed by atoms with Gasteiger partial charge in [-0.2, -0.15) is 0 Å². The highest BCUT2D eigenvalue weighted by atomic mass is 16.2. The Kier molecular flexibility index (Phi) is 4.32. The molecule has 0 radical (unpaired) electrons. The summed E-state index contributed by atoms with van der Waals surface area (Å²) in [4.78, 5) is 49.8. The minimum atomic E-state index is -0.859. The molecular weight excluding hydrogens is 394 g/mol. The van der Waals surface area contributed by atoms with Crippen LogP contribution in [-0.4, -0.2) is 44.8 Å². The molecule has 8 heteroatoms. The second-order valence-corrected chi connectivity index (χ2v) is 8.28. The van der Waals surface area contributed by atoms with E-state index in [1.54, 1.807) is 23.1 Å². The van der Waals surface area contributed by atoms with Crippen molar-refractivity contribution in [3.05, 3.63) is 59.9 Å². The zero-order valence-corrected chi connectivity index (χ0v) is 17.4. The molecule has 2 aliphatic heterocycles. The number of carbonyl (C=O) groups excluding carboxylic acids is 3. The van der Waals surface area contributed by atoms with Gasteiger partial charge >= 0.3 is 0 Å². The van der Waals surface area contributed by atoms with Crippen LogP contribution in [-0.2, 0) is 9.59 Å². The average Bonchev–Trinajstić information content (AvgIpc) is 3.33. The van der Waals surface area contributed by atoms with Crippen molar-refractivity contribution in [2.45, 2.75) is 38.4 Å². The zero-order valence-electron chi connectivity index (χ0n) is 17.4. The molecule has 3 heterocycles. The quantitative estimate of drug-likeness (QED) is 0.682. The molecule has 0 spiro atoms. The third-order valence-corrected chi connectivity index (χ3v) is 6.24. The molecule has 1 fully saturated rings. The second kappa shape index (κ2) is 6.94. The molecule has 2 aromatic carbocycles. The first-order chi connectivity index (χ1) is 14.9. The molecule has 0 bridgehead atoms. The third-order valence-electron chi connectivity index (χ3n) is 6.24. The van der Waals surface area contributed by atoms with Gasteiger partial charge in [0, 0.05) is 6.42 Å². The largest absolute Gasteiger partial charge is 0.345 e. The Morgan fingerprint density at radius 3 is 2.74 bits per heavy atom. The predicted octanol–water partition coefficient (Wildman–Crippen LogP) is 2.74. The van der Waals surface area contributed by atoms with Gasteiger partial charge in [0.2, 0.25) is 11.8 Å². The average molecular weight is 417 g/mol. The molecule has 158 valence electrons. The molecular formula is C23H23N5O3. The van der Waals surface area contributed by atoms with Crippen molar-refractivity contribution in [3.63, 3.8) is 0 Å². The number of benzene rings is 2. The number of aromatic nitrogens is 2. The maximum atomic E-state index is 13.3. The van der Waals surface area contributed by atoms with Crippen LogP contribution in [0.5, 0.6) is 0 Å². The normalized spacial score (nSPS) is 21.2. The van der Waals surface area contributed by atoms with Crippen LogP contribution in [0.15, 0.2) is 48.5 Å². The Morgan fingerprint density at radius 2 is 1.94 bits per heavy atom. The Labute approximate surface area is 179 Å². The molecule has 8 nitrogen and oxygen atoms in total. The van der Waals surface area contributed by atoms with Crippen molar-refractivity contribution < 1.29 is 14.4 Å². The molecule has 1 saturated heterocycles. The van der Waals surface area contributed by atoms with E-state index in [1.165, 1.54) is 4.90 Å². The minimum Gasteiger partial charge on any atom is -0.345 e. The van der Waals surface area contributed by atoms with Crippen LogP contribution < -0.4 is 10.2 Å². The highest BCUT2D eigenvalue weighted by Crippen LogP contribution is 2.43. The maximum Gasteiger partial charge on any atom is 0.258 e. The number of hydrogen-bond donors (Lipinski definition) is 2. The summed E-state index contributed by atoms with van der Waals surface area (Å²) in [6, 6.07) is 14.4. The van der Waals surface area contributed by atoms with Gasteiger partial charge < -0.3 is 15.2 Å². The molecule has 2 aliphatic rings. The van der Waals surface area contributed by atoms with Crippen molar-refractivity contribution in [3.8, 4) is 0 Å². The molecule has 31 heavy (non-hydrogen) atoms. The molecule has 0 aliphatic carbocycles. The van der Waals surface area contributed by atoms with E-state index in [0.717, 1.165) is 11.0 Å². The number of para-hydroxylation sites is 3. The predicted molar refractivity (Wildman–Crippen MR) is 115 cm³/mol. The van der Waals surface area contributed by atoms with Crippen molar-refractivity contribution in [1.82, 2.24) is 20.2 Å². The van der Waals surface area contributed by atoms with E-state index in [0.29, 0.717) is 29.9 Å². The van der Waals surface area contributed by atoms with Crippen molar-refractivity contribution in [1.29, 1.82) is 0 Å². The fraction of sp³-hybridized carbons (Fsp3) is 0.304. The number of nitrogens with one attached hydrogen (secondary N) is 2. The Morgan fingerprint density at radius 1 is 1.19 bits per heavy atom. The Hall–Kier alpha value is -3.68. The van der Waals surface area contributed by atoms with Gasteiger partial charge in [-0.3, -0.25) is 19.3 Å². The lowest BCUT2D eigenvalue weighted by Gasteiger charge is -2.48. The van der Waals surface area contributed by atoms with Gasteiger partial charge in [0.05, 0.1) is 28.3 Å². The number of hydrogen-bond acceptors (Lipinski definition) is 4. The van der Waals surface area contributed by atoms with E-state index < -0.39 is 5.66 Å². The van der Waals surface area contributed by atoms with Crippen LogP contribution in [0.3, 0.4) is 0 Å². The molecule has 3 amide bonds. The van der Waals surface area contributed by atoms with Gasteiger partial charge in [0.25, 0.3) is 5.91 Å². The lowest BCUT2D eigenvalue weighted by molar-refractivity contribution is -0.124. The van der Waals surface area contributed by atoms with E-state index >= 15 is 0 Å². The topological polar surface area (TPSA) is 98.4 Å². The summed E-state index contributed by atoms with van der Waals surface area (Å²) in [6.45, 7) is 3.55. The summed E-state index contributed by atoms with van der Waals surface area (Å²) in [7, 11) is 0. The van der Waals surface area contributed by atoms with E-state index in [-0.39, 0.29) is 30.3 Å². The van der Waals surface area contributed by atoms with Crippen molar-refractivity contribution >= 4 is 34.4 Å². The highest BCUT2D eigenvalue weighted by Gasteiger charge is 2.53. The van der Waals surface area contributed by atoms with Crippen LogP contribution in [0, 0.1) is 0 Å². The molecule has 0 saturated carbocycles. The molecule has 2 N–H and O–H groups in total. The van der Waals surface area contributed by atoms with Crippen LogP contribution >= 0.6 is 0 Å². The maximum absolute atomic E-state index is 13.3. The number of carbonyl (C=O) groups is 3. The van der Waals surface area contributed by atoms with Gasteiger partial charge in [-0.05, 0) is 44.5 Å². The van der Waals surface area contributed by atoms with Gasteiger partial charge in [-0.25, -0.2) is 4.98 Å². The fourth-order valence-electron chi connectivity index (χ4n) is 4.62. The number of amides is 3.